The highest BCUT2D eigenvalue weighted by Crippen LogP contribution is 2.45. The van der Waals surface area contributed by atoms with E-state index in [1.807, 2.05) is 81.4 Å². The molecule has 97 heavy (non-hydrogen) atoms. The number of ether oxygens (including phenoxy) is 21. The third kappa shape index (κ3) is 17.1. The number of fused-ring (bicyclic) bond motifs is 1. The van der Waals surface area contributed by atoms with E-state index < -0.39 is 185 Å². The van der Waals surface area contributed by atoms with Gasteiger partial charge in [-0.1, -0.05) is 116 Å². The lowest BCUT2D eigenvalue weighted by Crippen LogP contribution is -2.66. The summed E-state index contributed by atoms with van der Waals surface area (Å²) in [6.45, 7) is 18.4. The van der Waals surface area contributed by atoms with E-state index in [9.17, 15) is 30.6 Å². The molecule has 8 heterocycles. The Morgan fingerprint density at radius 2 is 0.773 bits per heavy atom. The van der Waals surface area contributed by atoms with E-state index in [1.54, 1.807) is 35.5 Å². The lowest BCUT2D eigenvalue weighted by Gasteiger charge is -2.52. The maximum absolute atomic E-state index is 11.6. The maximum atomic E-state index is 11.6. The summed E-state index contributed by atoms with van der Waals surface area (Å²) < 4.78 is 134. The Balaban J connectivity index is 0.753. The molecule has 27 heteroatoms. The van der Waals surface area contributed by atoms with E-state index in [1.165, 1.54) is 0 Å². The van der Waals surface area contributed by atoms with Gasteiger partial charge >= 0.3 is 0 Å². The van der Waals surface area contributed by atoms with Gasteiger partial charge in [0, 0.05) is 64.8 Å². The van der Waals surface area contributed by atoms with E-state index in [-0.39, 0.29) is 74.3 Å². The van der Waals surface area contributed by atoms with Crippen LogP contribution in [0.25, 0.3) is 0 Å². The van der Waals surface area contributed by atoms with E-state index in [0.717, 1.165) is 5.56 Å². The first-order chi connectivity index (χ1) is 46.7. The number of aliphatic hydroxyl groups excluding tert-OH is 6. The first-order valence-electron chi connectivity index (χ1n) is 34.6. The van der Waals surface area contributed by atoms with Crippen molar-refractivity contribution in [1.82, 2.24) is 0 Å². The van der Waals surface area contributed by atoms with Crippen molar-refractivity contribution < 1.29 is 130 Å². The molecule has 0 bridgehead atoms. The van der Waals surface area contributed by atoms with Crippen molar-refractivity contribution in [3.8, 4) is 0 Å². The molecule has 2 aromatic rings. The molecule has 8 aliphatic rings. The van der Waals surface area contributed by atoms with Crippen molar-refractivity contribution in [2.45, 2.75) is 241 Å². The van der Waals surface area contributed by atoms with Crippen LogP contribution in [0.15, 0.2) is 60.7 Å². The van der Waals surface area contributed by atoms with Crippen LogP contribution in [0.4, 0.5) is 0 Å². The van der Waals surface area contributed by atoms with Gasteiger partial charge in [0.15, 0.2) is 44.0 Å². The average Bonchev–Trinajstić information content (AvgIpc) is 0.780. The van der Waals surface area contributed by atoms with Gasteiger partial charge < -0.3 is 130 Å². The van der Waals surface area contributed by atoms with Gasteiger partial charge in [0.05, 0.1) is 89.5 Å². The Morgan fingerprint density at radius 1 is 0.371 bits per heavy atom. The lowest BCUT2D eigenvalue weighted by atomic mass is 9.81. The topological polar surface area (TPSA) is 315 Å². The summed E-state index contributed by atoms with van der Waals surface area (Å²) in [7, 11) is 8.04. The van der Waals surface area contributed by atoms with Crippen LogP contribution in [-0.4, -0.2) is 278 Å². The molecule has 8 saturated heterocycles. The second-order valence-corrected chi connectivity index (χ2v) is 27.9. The number of benzene rings is 2. The van der Waals surface area contributed by atoms with Crippen molar-refractivity contribution in [2.24, 2.45) is 47.3 Å². The average molecular weight is 1380 g/mol. The van der Waals surface area contributed by atoms with Gasteiger partial charge in [-0.25, -0.2) is 0 Å². The highest BCUT2D eigenvalue weighted by atomic mass is 16.8. The van der Waals surface area contributed by atoms with E-state index >= 15 is 0 Å². The number of aliphatic hydroxyl groups is 6. The molecule has 0 saturated carbocycles. The summed E-state index contributed by atoms with van der Waals surface area (Å²) in [6, 6.07) is 19.2. The molecule has 0 aromatic heterocycles. The van der Waals surface area contributed by atoms with Crippen molar-refractivity contribution in [3.05, 3.63) is 71.8 Å². The quantitative estimate of drug-likeness (QED) is 0.0748. The molecule has 0 aliphatic carbocycles. The monoisotopic (exact) mass is 1380 g/mol. The van der Waals surface area contributed by atoms with Crippen molar-refractivity contribution in [2.75, 3.05) is 81.8 Å². The standard InChI is InChI=1S/C70H110O27/c1-33-34(2)56(49(84-41(33)9)31-82-27-42-21-17-15-18-22-42)94-69-60(80-13)40(8)59(48(89-69)30-79-12)92-65-38(6)36(4)57(46(87-65)28-77-10)95-70-61(81-14)39(7)58(47(90-70)29-78-11)91-64-37(5)35(3)55(44(25-71)85-64)93-67-53(75)51(73)62(45(26-72)86-67)97-68-54(76)52(74)63-50(88-68)32-83-66(96-63)43-23-19-16-20-24-43/h15-24,33-41,44-76H,25-32H2,1-14H3/t33?,34-,35-,36?,37?,38?,39+,40?,41+,44?,45+,46+,47?,48+,49?,50+,51?,52?,53?,54?,55+,56+,57+,58+,59+,60?,61?,62-,63-,64-,65-,66?,67+,68-,69+,70+/m1/s1. The molecular weight excluding hydrogens is 1270 g/mol. The number of methoxy groups -OCH3 is 5. The van der Waals surface area contributed by atoms with Gasteiger partial charge in [-0.3, -0.25) is 0 Å². The minimum Gasteiger partial charge on any atom is -0.394 e. The van der Waals surface area contributed by atoms with E-state index in [4.69, 9.17) is 99.5 Å². The smallest absolute Gasteiger partial charge is 0.187 e. The summed E-state index contributed by atoms with van der Waals surface area (Å²) in [5.74, 6) is -1.69. The first-order valence-corrected chi connectivity index (χ1v) is 34.6. The van der Waals surface area contributed by atoms with Crippen molar-refractivity contribution in [3.63, 3.8) is 0 Å². The Kier molecular flexibility index (Phi) is 28.0. The molecule has 15 unspecified atom stereocenters. The van der Waals surface area contributed by atoms with Crippen molar-refractivity contribution in [1.29, 1.82) is 0 Å². The Hall–Kier alpha value is -2.64. The third-order valence-electron chi connectivity index (χ3n) is 21.8. The molecule has 27 nitrogen and oxygen atoms in total. The second-order valence-electron chi connectivity index (χ2n) is 27.9. The van der Waals surface area contributed by atoms with Gasteiger partial charge in [-0.05, 0) is 36.2 Å². The molecule has 2 aromatic carbocycles. The minimum atomic E-state index is -1.78. The fourth-order valence-corrected chi connectivity index (χ4v) is 15.3. The molecule has 10 rings (SSSR count). The van der Waals surface area contributed by atoms with Gasteiger partial charge in [0.1, 0.15) is 91.6 Å². The number of hydrogen-bond acceptors (Lipinski definition) is 27. The van der Waals surface area contributed by atoms with E-state index in [0.29, 0.717) is 18.8 Å². The fraction of sp³-hybridized carbons (Fsp3) is 0.829. The Bertz CT molecular complexity index is 2610. The molecule has 0 spiro atoms. The minimum absolute atomic E-state index is 0.00807. The molecular formula is C70H110O27. The van der Waals surface area contributed by atoms with Crippen LogP contribution in [-0.2, 0) is 106 Å². The summed E-state index contributed by atoms with van der Waals surface area (Å²) in [5.41, 5.74) is 1.78. The number of hydrogen-bond donors (Lipinski definition) is 6. The van der Waals surface area contributed by atoms with Crippen molar-refractivity contribution >= 4 is 0 Å². The summed E-state index contributed by atoms with van der Waals surface area (Å²) in [6.07, 6.45) is -26.5. The fourth-order valence-electron chi connectivity index (χ4n) is 15.3. The molecule has 0 amide bonds. The maximum Gasteiger partial charge on any atom is 0.187 e. The molecule has 552 valence electrons. The normalized spacial score (nSPS) is 46.7. The zero-order valence-corrected chi connectivity index (χ0v) is 58.5. The Labute approximate surface area is 570 Å². The summed E-state index contributed by atoms with van der Waals surface area (Å²) in [4.78, 5) is 0. The highest BCUT2D eigenvalue weighted by Gasteiger charge is 2.58. The molecule has 6 N–H and O–H groups in total. The predicted octanol–water partition coefficient (Wildman–Crippen LogP) is 3.25. The summed E-state index contributed by atoms with van der Waals surface area (Å²) in [5, 5.41) is 67.3. The number of rotatable bonds is 27. The first kappa shape index (κ1) is 77.0. The van der Waals surface area contributed by atoms with Crippen LogP contribution in [0.3, 0.4) is 0 Å². The molecule has 8 fully saturated rings. The lowest BCUT2D eigenvalue weighted by molar-refractivity contribution is -0.394. The zero-order chi connectivity index (χ0) is 69.5. The largest absolute Gasteiger partial charge is 0.394 e. The predicted molar refractivity (Wildman–Crippen MR) is 340 cm³/mol. The Morgan fingerprint density at radius 3 is 1.29 bits per heavy atom. The van der Waals surface area contributed by atoms with Gasteiger partial charge in [0.2, 0.25) is 0 Å². The van der Waals surface area contributed by atoms with Crippen LogP contribution in [0.1, 0.15) is 79.7 Å². The zero-order valence-electron chi connectivity index (χ0n) is 58.5. The van der Waals surface area contributed by atoms with Crippen LogP contribution >= 0.6 is 0 Å². The van der Waals surface area contributed by atoms with Crippen LogP contribution in [0.5, 0.6) is 0 Å². The molecule has 0 radical (unpaired) electrons. The van der Waals surface area contributed by atoms with Crippen LogP contribution in [0.2, 0.25) is 0 Å². The second kappa shape index (κ2) is 35.2. The van der Waals surface area contributed by atoms with Crippen LogP contribution in [0, 0.1) is 47.3 Å². The molecule has 36 atom stereocenters. The molecule has 8 aliphatic heterocycles. The third-order valence-corrected chi connectivity index (χ3v) is 21.8. The van der Waals surface area contributed by atoms with Gasteiger partial charge in [0.25, 0.3) is 0 Å². The van der Waals surface area contributed by atoms with Crippen LogP contribution < -0.4 is 0 Å². The van der Waals surface area contributed by atoms with E-state index in [2.05, 4.69) is 41.5 Å². The van der Waals surface area contributed by atoms with Gasteiger partial charge in [-0.15, -0.1) is 0 Å². The summed E-state index contributed by atoms with van der Waals surface area (Å²) >= 11 is 0. The highest BCUT2D eigenvalue weighted by molar-refractivity contribution is 5.17. The van der Waals surface area contributed by atoms with Gasteiger partial charge in [-0.2, -0.15) is 0 Å². The SMILES string of the molecule is COCC1O[C@@H](O[C@H]2C(C)C(C)[C@@H](O[C@H]3C(C)C(OC)[C@H](O[C@@H]4C(COCc5ccccc5)O[C@@H](C)C(C)[C@H]4C)O[C@H]3COC)O[C@H]2COC)C(OC)[C@@H](C)[C@@H]1O[C@H]1OC(CO)[C@@H](O[C@@H]2O[C@@H](CO)[C@@H](O[C@H]3O[C@H]4COC(c5ccccc5)O[C@H]4C(O)C3O)C(O)C2O)[C@H](C)C1C.